The number of benzene rings is 1. The van der Waals surface area contributed by atoms with Gasteiger partial charge in [0.05, 0.1) is 5.69 Å². The Kier molecular flexibility index (Phi) is 3.74. The molecule has 1 aliphatic carbocycles. The summed E-state index contributed by atoms with van der Waals surface area (Å²) < 4.78 is 13.8. The number of hydrogen-bond donors (Lipinski definition) is 0. The molecule has 2 atom stereocenters. The summed E-state index contributed by atoms with van der Waals surface area (Å²) in [5.41, 5.74) is 0.766. The maximum atomic E-state index is 13.8. The van der Waals surface area contributed by atoms with Crippen LogP contribution in [0.25, 0.3) is 0 Å². The quantitative estimate of drug-likeness (QED) is 0.808. The summed E-state index contributed by atoms with van der Waals surface area (Å²) in [5, 5.41) is 0. The fourth-order valence-electron chi connectivity index (χ4n) is 3.54. The van der Waals surface area contributed by atoms with Crippen molar-refractivity contribution in [2.75, 3.05) is 31.1 Å². The second-order valence-electron chi connectivity index (χ2n) is 6.05. The Balaban J connectivity index is 1.59. The van der Waals surface area contributed by atoms with Crippen molar-refractivity contribution in [1.82, 2.24) is 4.90 Å². The highest BCUT2D eigenvalue weighted by atomic mass is 19.1. The molecule has 1 saturated carbocycles. The van der Waals surface area contributed by atoms with Crippen LogP contribution in [0.15, 0.2) is 24.3 Å². The molecule has 1 aliphatic heterocycles. The van der Waals surface area contributed by atoms with Crippen LogP contribution in [0.3, 0.4) is 0 Å². The van der Waals surface area contributed by atoms with Gasteiger partial charge in [0.1, 0.15) is 5.82 Å². The van der Waals surface area contributed by atoms with Crippen molar-refractivity contribution in [2.45, 2.75) is 32.2 Å². The zero-order valence-corrected chi connectivity index (χ0v) is 11.7. The zero-order valence-electron chi connectivity index (χ0n) is 11.7. The Morgan fingerprint density at radius 1 is 1.05 bits per heavy atom. The van der Waals surface area contributed by atoms with Gasteiger partial charge in [-0.05, 0) is 37.3 Å². The topological polar surface area (TPSA) is 6.48 Å². The highest BCUT2D eigenvalue weighted by Crippen LogP contribution is 2.30. The summed E-state index contributed by atoms with van der Waals surface area (Å²) in [6.45, 7) is 6.41. The lowest BCUT2D eigenvalue weighted by Crippen LogP contribution is -2.50. The maximum Gasteiger partial charge on any atom is 0.146 e. The molecular formula is C16H23FN2. The molecule has 1 heterocycles. The van der Waals surface area contributed by atoms with Crippen molar-refractivity contribution in [3.05, 3.63) is 30.1 Å². The van der Waals surface area contributed by atoms with Crippen LogP contribution in [-0.2, 0) is 0 Å². The molecule has 1 aromatic carbocycles. The predicted octanol–water partition coefficient (Wildman–Crippen LogP) is 3.14. The Bertz CT molecular complexity index is 427. The molecular weight excluding hydrogens is 239 g/mol. The third-order valence-electron chi connectivity index (χ3n) is 4.69. The van der Waals surface area contributed by atoms with Gasteiger partial charge < -0.3 is 4.90 Å². The van der Waals surface area contributed by atoms with Crippen LogP contribution in [-0.4, -0.2) is 37.1 Å². The Morgan fingerprint density at radius 2 is 1.79 bits per heavy atom. The first-order chi connectivity index (χ1) is 9.24. The molecule has 0 aromatic heterocycles. The fourth-order valence-corrected chi connectivity index (χ4v) is 3.54. The van der Waals surface area contributed by atoms with Crippen molar-refractivity contribution in [2.24, 2.45) is 5.92 Å². The van der Waals surface area contributed by atoms with E-state index in [0.29, 0.717) is 0 Å². The normalized spacial score (nSPS) is 28.8. The first kappa shape index (κ1) is 12.9. The lowest BCUT2D eigenvalue weighted by Gasteiger charge is -2.39. The third kappa shape index (κ3) is 2.76. The minimum atomic E-state index is -0.0922. The van der Waals surface area contributed by atoms with E-state index in [0.717, 1.165) is 43.8 Å². The molecule has 19 heavy (non-hydrogen) atoms. The third-order valence-corrected chi connectivity index (χ3v) is 4.69. The smallest absolute Gasteiger partial charge is 0.146 e. The van der Waals surface area contributed by atoms with Crippen molar-refractivity contribution < 1.29 is 4.39 Å². The molecule has 0 spiro atoms. The van der Waals surface area contributed by atoms with Crippen LogP contribution in [0.1, 0.15) is 26.2 Å². The number of piperazine rings is 1. The van der Waals surface area contributed by atoms with Crippen molar-refractivity contribution in [3.63, 3.8) is 0 Å². The zero-order chi connectivity index (χ0) is 13.2. The molecule has 1 aromatic rings. The van der Waals surface area contributed by atoms with Crippen LogP contribution in [0.2, 0.25) is 0 Å². The second-order valence-corrected chi connectivity index (χ2v) is 6.05. The van der Waals surface area contributed by atoms with Gasteiger partial charge in [-0.15, -0.1) is 0 Å². The molecule has 0 bridgehead atoms. The molecule has 1 saturated heterocycles. The fraction of sp³-hybridized carbons (Fsp3) is 0.625. The monoisotopic (exact) mass is 262 g/mol. The van der Waals surface area contributed by atoms with Gasteiger partial charge in [-0.1, -0.05) is 19.1 Å². The summed E-state index contributed by atoms with van der Waals surface area (Å²) in [7, 11) is 0. The molecule has 2 fully saturated rings. The second kappa shape index (κ2) is 5.49. The van der Waals surface area contributed by atoms with Crippen LogP contribution >= 0.6 is 0 Å². The minimum absolute atomic E-state index is 0.0922. The number of hydrogen-bond acceptors (Lipinski definition) is 2. The Labute approximate surface area is 115 Å². The van der Waals surface area contributed by atoms with Crippen LogP contribution < -0.4 is 4.90 Å². The van der Waals surface area contributed by atoms with Gasteiger partial charge in [-0.2, -0.15) is 0 Å². The number of rotatable bonds is 2. The van der Waals surface area contributed by atoms with E-state index < -0.39 is 0 Å². The number of anilines is 1. The summed E-state index contributed by atoms with van der Waals surface area (Å²) in [5.74, 6) is 0.792. The first-order valence-corrected chi connectivity index (χ1v) is 7.47. The average Bonchev–Trinajstić information content (AvgIpc) is 2.86. The number of para-hydroxylation sites is 1. The van der Waals surface area contributed by atoms with Gasteiger partial charge in [0.15, 0.2) is 0 Å². The molecule has 2 aliphatic rings. The van der Waals surface area contributed by atoms with E-state index >= 15 is 0 Å². The van der Waals surface area contributed by atoms with E-state index in [1.54, 1.807) is 12.1 Å². The van der Waals surface area contributed by atoms with Gasteiger partial charge in [0.25, 0.3) is 0 Å². The molecule has 104 valence electrons. The summed E-state index contributed by atoms with van der Waals surface area (Å²) in [6, 6.07) is 7.90. The van der Waals surface area contributed by atoms with Crippen molar-refractivity contribution >= 4 is 5.69 Å². The van der Waals surface area contributed by atoms with E-state index in [9.17, 15) is 4.39 Å². The highest BCUT2D eigenvalue weighted by molar-refractivity contribution is 5.48. The lowest BCUT2D eigenvalue weighted by molar-refractivity contribution is 0.184. The summed E-state index contributed by atoms with van der Waals surface area (Å²) in [4.78, 5) is 4.80. The standard InChI is InChI=1S/C16H23FN2/c1-13-6-7-14(12-13)18-8-10-19(11-9-18)16-5-3-2-4-15(16)17/h2-5,13-14H,6-12H2,1H3/t13-,14-/m1/s1. The Morgan fingerprint density at radius 3 is 2.42 bits per heavy atom. The maximum absolute atomic E-state index is 13.8. The van der Waals surface area contributed by atoms with Gasteiger partial charge in [-0.3, -0.25) is 4.90 Å². The van der Waals surface area contributed by atoms with Crippen LogP contribution in [0, 0.1) is 11.7 Å². The summed E-state index contributed by atoms with van der Waals surface area (Å²) >= 11 is 0. The largest absolute Gasteiger partial charge is 0.367 e. The van der Waals surface area contributed by atoms with Gasteiger partial charge in [0.2, 0.25) is 0 Å². The SMILES string of the molecule is C[C@@H]1CC[C@@H](N2CCN(c3ccccc3F)CC2)C1. The van der Waals surface area contributed by atoms with Crippen molar-refractivity contribution in [1.29, 1.82) is 0 Å². The van der Waals surface area contributed by atoms with Gasteiger partial charge in [0, 0.05) is 32.2 Å². The van der Waals surface area contributed by atoms with Gasteiger partial charge >= 0.3 is 0 Å². The van der Waals surface area contributed by atoms with Crippen molar-refractivity contribution in [3.8, 4) is 0 Å². The Hall–Kier alpha value is -1.09. The number of nitrogens with zero attached hydrogens (tertiary/aromatic N) is 2. The predicted molar refractivity (Wildman–Crippen MR) is 77.0 cm³/mol. The molecule has 0 amide bonds. The highest BCUT2D eigenvalue weighted by Gasteiger charge is 2.29. The van der Waals surface area contributed by atoms with E-state index in [2.05, 4.69) is 16.7 Å². The number of halogens is 1. The van der Waals surface area contributed by atoms with Crippen LogP contribution in [0.5, 0.6) is 0 Å². The molecule has 3 heteroatoms. The van der Waals surface area contributed by atoms with E-state index in [-0.39, 0.29) is 5.82 Å². The van der Waals surface area contributed by atoms with Gasteiger partial charge in [-0.25, -0.2) is 4.39 Å². The lowest BCUT2D eigenvalue weighted by atomic mass is 10.1. The average molecular weight is 262 g/mol. The molecule has 0 radical (unpaired) electrons. The van der Waals surface area contributed by atoms with E-state index in [1.165, 1.54) is 19.3 Å². The first-order valence-electron chi connectivity index (χ1n) is 7.47. The summed E-state index contributed by atoms with van der Waals surface area (Å²) in [6.07, 6.45) is 4.07. The molecule has 0 N–H and O–H groups in total. The minimum Gasteiger partial charge on any atom is -0.367 e. The molecule has 2 nitrogen and oxygen atoms in total. The van der Waals surface area contributed by atoms with E-state index in [1.807, 2.05) is 12.1 Å². The molecule has 0 unspecified atom stereocenters. The molecule has 3 rings (SSSR count). The van der Waals surface area contributed by atoms with E-state index in [4.69, 9.17) is 0 Å². The van der Waals surface area contributed by atoms with Crippen LogP contribution in [0.4, 0.5) is 10.1 Å².